The molecule has 0 radical (unpaired) electrons. The first-order valence-corrected chi connectivity index (χ1v) is 7.21. The molecule has 1 aromatic rings. The van der Waals surface area contributed by atoms with Crippen LogP contribution in [-0.4, -0.2) is 26.1 Å². The lowest BCUT2D eigenvalue weighted by atomic mass is 9.80. The van der Waals surface area contributed by atoms with Crippen molar-refractivity contribution in [2.24, 2.45) is 5.41 Å². The summed E-state index contributed by atoms with van der Waals surface area (Å²) in [5.74, 6) is 0.964. The van der Waals surface area contributed by atoms with E-state index in [1.165, 1.54) is 0 Å². The van der Waals surface area contributed by atoms with Crippen LogP contribution in [0.1, 0.15) is 38.3 Å². The molecule has 2 rings (SSSR count). The molecule has 0 bridgehead atoms. The highest BCUT2D eigenvalue weighted by atomic mass is 16.5. The molecule has 1 aliphatic rings. The third-order valence-electron chi connectivity index (χ3n) is 4.20. The van der Waals surface area contributed by atoms with Gasteiger partial charge in [-0.25, -0.2) is 0 Å². The summed E-state index contributed by atoms with van der Waals surface area (Å²) in [5, 5.41) is 6.43. The molecule has 1 saturated heterocycles. The van der Waals surface area contributed by atoms with Crippen LogP contribution in [0, 0.1) is 5.41 Å². The third-order valence-corrected chi connectivity index (χ3v) is 4.20. The first-order valence-electron chi connectivity index (χ1n) is 7.21. The Kier molecular flexibility index (Phi) is 4.65. The second kappa shape index (κ2) is 6.27. The molecule has 110 valence electrons. The molecule has 20 heavy (non-hydrogen) atoms. The van der Waals surface area contributed by atoms with Crippen molar-refractivity contribution in [3.8, 4) is 5.75 Å². The van der Waals surface area contributed by atoms with Gasteiger partial charge >= 0.3 is 0 Å². The lowest BCUT2D eigenvalue weighted by Gasteiger charge is -2.33. The van der Waals surface area contributed by atoms with Crippen LogP contribution in [0.2, 0.25) is 0 Å². The highest BCUT2D eigenvalue weighted by Gasteiger charge is 2.35. The number of piperidine rings is 1. The van der Waals surface area contributed by atoms with E-state index < -0.39 is 0 Å². The summed E-state index contributed by atoms with van der Waals surface area (Å²) in [6.45, 7) is 5.90. The minimum absolute atomic E-state index is 0.00990. The van der Waals surface area contributed by atoms with Crippen molar-refractivity contribution >= 4 is 5.91 Å². The second-order valence-electron chi connectivity index (χ2n) is 5.78. The average Bonchev–Trinajstić information content (AvgIpc) is 2.48. The standard InChI is InChI=1S/C16H24N2O2/c1-12(13-5-4-6-14(11-13)20-3)18-15(19)16(2)7-9-17-10-8-16/h4-6,11-12,17H,7-10H2,1-3H3,(H,18,19)/t12-/m0/s1. The lowest BCUT2D eigenvalue weighted by Crippen LogP contribution is -2.46. The summed E-state index contributed by atoms with van der Waals surface area (Å²) in [5.41, 5.74) is 0.813. The first-order chi connectivity index (χ1) is 9.55. The van der Waals surface area contributed by atoms with E-state index in [0.29, 0.717) is 0 Å². The number of nitrogens with one attached hydrogen (secondary N) is 2. The zero-order valence-electron chi connectivity index (χ0n) is 12.5. The van der Waals surface area contributed by atoms with Crippen molar-refractivity contribution in [3.05, 3.63) is 29.8 Å². The smallest absolute Gasteiger partial charge is 0.226 e. The Morgan fingerprint density at radius 1 is 1.40 bits per heavy atom. The summed E-state index contributed by atoms with van der Waals surface area (Å²) in [6.07, 6.45) is 1.79. The topological polar surface area (TPSA) is 50.4 Å². The first kappa shape index (κ1) is 14.9. The summed E-state index contributed by atoms with van der Waals surface area (Å²) >= 11 is 0. The van der Waals surface area contributed by atoms with Crippen molar-refractivity contribution in [1.29, 1.82) is 0 Å². The number of rotatable bonds is 4. The van der Waals surface area contributed by atoms with Crippen LogP contribution < -0.4 is 15.4 Å². The molecule has 1 amide bonds. The van der Waals surface area contributed by atoms with Crippen LogP contribution in [0.15, 0.2) is 24.3 Å². The van der Waals surface area contributed by atoms with E-state index in [0.717, 1.165) is 37.2 Å². The molecule has 4 nitrogen and oxygen atoms in total. The fourth-order valence-electron chi connectivity index (χ4n) is 2.57. The maximum atomic E-state index is 12.5. The van der Waals surface area contributed by atoms with Crippen LogP contribution in [0.25, 0.3) is 0 Å². The quantitative estimate of drug-likeness (QED) is 0.887. The van der Waals surface area contributed by atoms with E-state index in [2.05, 4.69) is 17.6 Å². The lowest BCUT2D eigenvalue weighted by molar-refractivity contribution is -0.132. The zero-order chi connectivity index (χ0) is 14.6. The summed E-state index contributed by atoms with van der Waals surface area (Å²) in [6, 6.07) is 7.83. The molecule has 0 aliphatic carbocycles. The van der Waals surface area contributed by atoms with Gasteiger partial charge in [0.15, 0.2) is 0 Å². The van der Waals surface area contributed by atoms with E-state index in [1.54, 1.807) is 7.11 Å². The fourth-order valence-corrected chi connectivity index (χ4v) is 2.57. The van der Waals surface area contributed by atoms with E-state index in [-0.39, 0.29) is 17.4 Å². The minimum atomic E-state index is -0.252. The molecule has 2 N–H and O–H groups in total. The van der Waals surface area contributed by atoms with Gasteiger partial charge in [-0.3, -0.25) is 4.79 Å². The van der Waals surface area contributed by atoms with Crippen molar-refractivity contribution in [2.75, 3.05) is 20.2 Å². The van der Waals surface area contributed by atoms with Crippen molar-refractivity contribution in [1.82, 2.24) is 10.6 Å². The van der Waals surface area contributed by atoms with Gasteiger partial charge in [-0.1, -0.05) is 19.1 Å². The van der Waals surface area contributed by atoms with Crippen molar-refractivity contribution < 1.29 is 9.53 Å². The van der Waals surface area contributed by atoms with E-state index in [1.807, 2.05) is 31.2 Å². The molecule has 1 atom stereocenters. The van der Waals surface area contributed by atoms with Crippen molar-refractivity contribution in [3.63, 3.8) is 0 Å². The van der Waals surface area contributed by atoms with Gasteiger partial charge < -0.3 is 15.4 Å². The summed E-state index contributed by atoms with van der Waals surface area (Å²) < 4.78 is 5.23. The SMILES string of the molecule is COc1cccc([C@H](C)NC(=O)C2(C)CCNCC2)c1. The molecule has 1 fully saturated rings. The largest absolute Gasteiger partial charge is 0.497 e. The monoisotopic (exact) mass is 276 g/mol. The Bertz CT molecular complexity index is 467. The number of hydrogen-bond donors (Lipinski definition) is 2. The second-order valence-corrected chi connectivity index (χ2v) is 5.78. The zero-order valence-corrected chi connectivity index (χ0v) is 12.5. The summed E-state index contributed by atoms with van der Waals surface area (Å²) in [4.78, 5) is 12.5. The van der Waals surface area contributed by atoms with Gasteiger partial charge in [0.1, 0.15) is 5.75 Å². The van der Waals surface area contributed by atoms with Gasteiger partial charge in [-0.05, 0) is 50.6 Å². The predicted octanol–water partition coefficient (Wildman–Crippen LogP) is 2.26. The molecule has 0 spiro atoms. The number of methoxy groups -OCH3 is 1. The number of carbonyl (C=O) groups is 1. The van der Waals surface area contributed by atoms with Gasteiger partial charge in [-0.15, -0.1) is 0 Å². The van der Waals surface area contributed by atoms with Crippen LogP contribution in [0.3, 0.4) is 0 Å². The maximum absolute atomic E-state index is 12.5. The number of ether oxygens (including phenoxy) is 1. The van der Waals surface area contributed by atoms with Crippen molar-refractivity contribution in [2.45, 2.75) is 32.7 Å². The number of benzene rings is 1. The normalized spacial score (nSPS) is 19.1. The molecule has 0 unspecified atom stereocenters. The summed E-state index contributed by atoms with van der Waals surface area (Å²) in [7, 11) is 1.65. The van der Waals surface area contributed by atoms with Gasteiger partial charge in [0, 0.05) is 5.41 Å². The Morgan fingerprint density at radius 3 is 2.75 bits per heavy atom. The van der Waals surface area contributed by atoms with Crippen LogP contribution in [0.4, 0.5) is 0 Å². The van der Waals surface area contributed by atoms with Gasteiger partial charge in [0.2, 0.25) is 5.91 Å². The van der Waals surface area contributed by atoms with E-state index in [9.17, 15) is 4.79 Å². The van der Waals surface area contributed by atoms with Crippen LogP contribution >= 0.6 is 0 Å². The predicted molar refractivity (Wildman–Crippen MR) is 79.8 cm³/mol. The van der Waals surface area contributed by atoms with Crippen LogP contribution in [-0.2, 0) is 4.79 Å². The number of carbonyl (C=O) groups excluding carboxylic acids is 1. The Morgan fingerprint density at radius 2 is 2.10 bits per heavy atom. The molecule has 0 aromatic heterocycles. The molecule has 0 saturated carbocycles. The molecule has 4 heteroatoms. The third kappa shape index (κ3) is 3.31. The van der Waals surface area contributed by atoms with Gasteiger partial charge in [0.25, 0.3) is 0 Å². The van der Waals surface area contributed by atoms with Gasteiger partial charge in [0.05, 0.1) is 13.2 Å². The molecule has 1 aromatic carbocycles. The number of amides is 1. The number of hydrogen-bond acceptors (Lipinski definition) is 3. The molecular formula is C16H24N2O2. The van der Waals surface area contributed by atoms with Gasteiger partial charge in [-0.2, -0.15) is 0 Å². The minimum Gasteiger partial charge on any atom is -0.497 e. The fraction of sp³-hybridized carbons (Fsp3) is 0.562. The Labute approximate surface area is 120 Å². The average molecular weight is 276 g/mol. The highest BCUT2D eigenvalue weighted by molar-refractivity contribution is 5.82. The Hall–Kier alpha value is -1.55. The Balaban J connectivity index is 2.02. The molecule has 1 heterocycles. The van der Waals surface area contributed by atoms with E-state index in [4.69, 9.17) is 4.74 Å². The molecule has 1 aliphatic heterocycles. The van der Waals surface area contributed by atoms with E-state index >= 15 is 0 Å². The highest BCUT2D eigenvalue weighted by Crippen LogP contribution is 2.29. The maximum Gasteiger partial charge on any atom is 0.226 e. The molecular weight excluding hydrogens is 252 g/mol. The van der Waals surface area contributed by atoms with Crippen LogP contribution in [0.5, 0.6) is 5.75 Å².